The predicted octanol–water partition coefficient (Wildman–Crippen LogP) is 2.14. The Kier molecular flexibility index (Phi) is 5.05. The number of esters is 1. The fourth-order valence-corrected chi connectivity index (χ4v) is 0.946. The van der Waals surface area contributed by atoms with Gasteiger partial charge in [-0.3, -0.25) is 4.79 Å². The average molecular weight is 214 g/mol. The number of ether oxygens (including phenoxy) is 1. The quantitative estimate of drug-likeness (QED) is 0.562. The summed E-state index contributed by atoms with van der Waals surface area (Å²) in [6.07, 6.45) is 0.998. The Morgan fingerprint density at radius 2 is 1.80 bits per heavy atom. The van der Waals surface area contributed by atoms with E-state index in [9.17, 15) is 9.59 Å². The summed E-state index contributed by atoms with van der Waals surface area (Å²) >= 11 is 0. The Hall–Kier alpha value is -1.32. The molecular weight excluding hydrogens is 196 g/mol. The highest BCUT2D eigenvalue weighted by molar-refractivity contribution is 5.85. The van der Waals surface area contributed by atoms with E-state index in [1.807, 2.05) is 0 Å². The zero-order chi connectivity index (χ0) is 12.1. The molecule has 0 heterocycles. The first kappa shape index (κ1) is 13.7. The van der Waals surface area contributed by atoms with Crippen molar-refractivity contribution in [2.75, 3.05) is 0 Å². The summed E-state index contributed by atoms with van der Waals surface area (Å²) in [5, 5.41) is 8.52. The van der Waals surface area contributed by atoms with Crippen LogP contribution in [0.5, 0.6) is 0 Å². The molecule has 0 aliphatic heterocycles. The molecule has 4 heteroatoms. The number of aliphatic carboxylic acids is 1. The highest BCUT2D eigenvalue weighted by Crippen LogP contribution is 2.11. The second kappa shape index (κ2) is 5.53. The Morgan fingerprint density at radius 1 is 1.27 bits per heavy atom. The molecule has 0 fully saturated rings. The molecule has 0 aromatic rings. The lowest BCUT2D eigenvalue weighted by Gasteiger charge is -2.19. The van der Waals surface area contributed by atoms with Crippen molar-refractivity contribution in [1.82, 2.24) is 0 Å². The first-order valence-corrected chi connectivity index (χ1v) is 4.85. The van der Waals surface area contributed by atoms with Gasteiger partial charge in [-0.25, -0.2) is 4.79 Å². The summed E-state index contributed by atoms with van der Waals surface area (Å²) in [5.41, 5.74) is -0.362. The zero-order valence-electron chi connectivity index (χ0n) is 9.50. The van der Waals surface area contributed by atoms with Gasteiger partial charge in [0.25, 0.3) is 0 Å². The third-order valence-electron chi connectivity index (χ3n) is 1.58. The molecule has 0 aliphatic carbocycles. The summed E-state index contributed by atoms with van der Waals surface area (Å²) in [4.78, 5) is 21.6. The van der Waals surface area contributed by atoms with E-state index in [2.05, 4.69) is 6.58 Å². The van der Waals surface area contributed by atoms with E-state index in [4.69, 9.17) is 9.84 Å². The van der Waals surface area contributed by atoms with E-state index in [-0.39, 0.29) is 18.0 Å². The number of carboxylic acids is 1. The van der Waals surface area contributed by atoms with Crippen molar-refractivity contribution in [2.24, 2.45) is 0 Å². The second-order valence-electron chi connectivity index (χ2n) is 4.35. The van der Waals surface area contributed by atoms with Crippen molar-refractivity contribution in [2.45, 2.75) is 45.6 Å². The number of rotatable bonds is 5. The normalized spacial score (nSPS) is 10.9. The first-order valence-electron chi connectivity index (χ1n) is 4.85. The van der Waals surface area contributed by atoms with Crippen LogP contribution in [0, 0.1) is 0 Å². The van der Waals surface area contributed by atoms with Crippen LogP contribution in [0.4, 0.5) is 0 Å². The van der Waals surface area contributed by atoms with E-state index in [0.29, 0.717) is 12.8 Å². The highest BCUT2D eigenvalue weighted by atomic mass is 16.6. The lowest BCUT2D eigenvalue weighted by Crippen LogP contribution is -2.23. The molecule has 1 N–H and O–H groups in total. The van der Waals surface area contributed by atoms with Gasteiger partial charge in [0, 0.05) is 12.0 Å². The largest absolute Gasteiger partial charge is 0.478 e. The van der Waals surface area contributed by atoms with Crippen LogP contribution < -0.4 is 0 Å². The molecule has 0 amide bonds. The predicted molar refractivity (Wildman–Crippen MR) is 56.5 cm³/mol. The maximum absolute atomic E-state index is 11.2. The monoisotopic (exact) mass is 214 g/mol. The molecule has 0 aromatic carbocycles. The number of hydrogen-bond donors (Lipinski definition) is 1. The summed E-state index contributed by atoms with van der Waals surface area (Å²) in [6.45, 7) is 8.75. The average Bonchev–Trinajstić information content (AvgIpc) is 2.00. The van der Waals surface area contributed by atoms with Crippen LogP contribution in [0.1, 0.15) is 40.0 Å². The number of hydrogen-bond acceptors (Lipinski definition) is 3. The van der Waals surface area contributed by atoms with E-state index >= 15 is 0 Å². The van der Waals surface area contributed by atoms with Gasteiger partial charge in [0.2, 0.25) is 0 Å². The SMILES string of the molecule is C=C(CCCC(=O)OC(C)(C)C)C(=O)O. The second-order valence-corrected chi connectivity index (χ2v) is 4.35. The van der Waals surface area contributed by atoms with Gasteiger partial charge in [0.1, 0.15) is 5.60 Å². The molecule has 0 spiro atoms. The molecule has 0 bridgehead atoms. The maximum Gasteiger partial charge on any atom is 0.330 e. The van der Waals surface area contributed by atoms with Gasteiger partial charge in [-0.05, 0) is 33.6 Å². The molecular formula is C11H18O4. The molecule has 0 radical (unpaired) electrons. The molecule has 86 valence electrons. The van der Waals surface area contributed by atoms with Gasteiger partial charge in [-0.1, -0.05) is 6.58 Å². The maximum atomic E-state index is 11.2. The van der Waals surface area contributed by atoms with Crippen LogP contribution in [0.3, 0.4) is 0 Å². The van der Waals surface area contributed by atoms with Crippen LogP contribution in [0.2, 0.25) is 0 Å². The third-order valence-corrected chi connectivity index (χ3v) is 1.58. The Balaban J connectivity index is 3.74. The zero-order valence-corrected chi connectivity index (χ0v) is 9.50. The van der Waals surface area contributed by atoms with E-state index in [1.165, 1.54) is 0 Å². The molecule has 0 aliphatic rings. The Morgan fingerprint density at radius 3 is 2.20 bits per heavy atom. The standard InChI is InChI=1S/C11H18O4/c1-8(10(13)14)6-5-7-9(12)15-11(2,3)4/h1,5-7H2,2-4H3,(H,13,14). The molecule has 4 nitrogen and oxygen atoms in total. The van der Waals surface area contributed by atoms with Crippen LogP contribution in [-0.2, 0) is 14.3 Å². The Labute approximate surface area is 89.9 Å². The number of carboxylic acid groups (broad SMARTS) is 1. The summed E-state index contributed by atoms with van der Waals surface area (Å²) in [5.74, 6) is -1.32. The van der Waals surface area contributed by atoms with Gasteiger partial charge in [-0.2, -0.15) is 0 Å². The lowest BCUT2D eigenvalue weighted by atomic mass is 10.1. The van der Waals surface area contributed by atoms with Crippen LogP contribution in [-0.4, -0.2) is 22.6 Å². The minimum Gasteiger partial charge on any atom is -0.478 e. The van der Waals surface area contributed by atoms with Crippen LogP contribution in [0.25, 0.3) is 0 Å². The summed E-state index contributed by atoms with van der Waals surface area (Å²) in [6, 6.07) is 0. The van der Waals surface area contributed by atoms with Crippen molar-refractivity contribution < 1.29 is 19.4 Å². The van der Waals surface area contributed by atoms with Crippen molar-refractivity contribution in [3.8, 4) is 0 Å². The minimum absolute atomic E-state index is 0.124. The topological polar surface area (TPSA) is 63.6 Å². The van der Waals surface area contributed by atoms with Crippen molar-refractivity contribution in [3.05, 3.63) is 12.2 Å². The van der Waals surface area contributed by atoms with Crippen molar-refractivity contribution >= 4 is 11.9 Å². The fourth-order valence-electron chi connectivity index (χ4n) is 0.946. The van der Waals surface area contributed by atoms with E-state index < -0.39 is 11.6 Å². The fraction of sp³-hybridized carbons (Fsp3) is 0.636. The van der Waals surface area contributed by atoms with Gasteiger partial charge >= 0.3 is 11.9 Å². The molecule has 0 unspecified atom stereocenters. The van der Waals surface area contributed by atoms with Gasteiger partial charge in [0.15, 0.2) is 0 Å². The molecule has 15 heavy (non-hydrogen) atoms. The van der Waals surface area contributed by atoms with E-state index in [1.54, 1.807) is 20.8 Å². The summed E-state index contributed by atoms with van der Waals surface area (Å²) < 4.78 is 5.06. The van der Waals surface area contributed by atoms with Gasteiger partial charge < -0.3 is 9.84 Å². The number of carbonyl (C=O) groups excluding carboxylic acids is 1. The smallest absolute Gasteiger partial charge is 0.330 e. The van der Waals surface area contributed by atoms with Crippen molar-refractivity contribution in [1.29, 1.82) is 0 Å². The van der Waals surface area contributed by atoms with E-state index in [0.717, 1.165) is 0 Å². The Bertz CT molecular complexity index is 260. The highest BCUT2D eigenvalue weighted by Gasteiger charge is 2.16. The van der Waals surface area contributed by atoms with Crippen LogP contribution in [0.15, 0.2) is 12.2 Å². The van der Waals surface area contributed by atoms with Crippen molar-refractivity contribution in [3.63, 3.8) is 0 Å². The lowest BCUT2D eigenvalue weighted by molar-refractivity contribution is -0.155. The summed E-state index contributed by atoms with van der Waals surface area (Å²) in [7, 11) is 0. The molecule has 0 rings (SSSR count). The van der Waals surface area contributed by atoms with Crippen LogP contribution >= 0.6 is 0 Å². The van der Waals surface area contributed by atoms with Gasteiger partial charge in [0.05, 0.1) is 0 Å². The first-order chi connectivity index (χ1) is 6.72. The minimum atomic E-state index is -1.01. The number of carbonyl (C=O) groups is 2. The molecule has 0 aromatic heterocycles. The molecule has 0 atom stereocenters. The third kappa shape index (κ3) is 7.73. The molecule has 0 saturated heterocycles. The van der Waals surface area contributed by atoms with Gasteiger partial charge in [-0.15, -0.1) is 0 Å². The molecule has 0 saturated carbocycles.